The van der Waals surface area contributed by atoms with Gasteiger partial charge in [-0.25, -0.2) is 4.79 Å². The second-order valence-corrected chi connectivity index (χ2v) is 10.8. The summed E-state index contributed by atoms with van der Waals surface area (Å²) in [6, 6.07) is 27.3. The van der Waals surface area contributed by atoms with Crippen molar-refractivity contribution in [2.75, 3.05) is 41.3 Å². The van der Waals surface area contributed by atoms with Crippen molar-refractivity contribution in [1.82, 2.24) is 0 Å². The summed E-state index contributed by atoms with van der Waals surface area (Å²) in [5.74, 6) is 0.611. The summed E-state index contributed by atoms with van der Waals surface area (Å²) in [5, 5.41) is 2.99. The van der Waals surface area contributed by atoms with Gasteiger partial charge in [0, 0.05) is 66.4 Å². The third kappa shape index (κ3) is 4.79. The molecule has 2 aliphatic heterocycles. The minimum absolute atomic E-state index is 0.200. The van der Waals surface area contributed by atoms with Crippen molar-refractivity contribution in [2.45, 2.75) is 39.7 Å². The Bertz CT molecular complexity index is 1610. The molecule has 43 heavy (non-hydrogen) atoms. The molecule has 4 aromatic rings. The summed E-state index contributed by atoms with van der Waals surface area (Å²) >= 11 is 0. The summed E-state index contributed by atoms with van der Waals surface area (Å²) in [7, 11) is 0. The van der Waals surface area contributed by atoms with Crippen LogP contribution in [0, 0.1) is 0 Å². The molecule has 4 aromatic carbocycles. The Morgan fingerprint density at radius 3 is 1.86 bits per heavy atom. The zero-order chi connectivity index (χ0) is 30.1. The zero-order valence-electron chi connectivity index (χ0n) is 25.1. The summed E-state index contributed by atoms with van der Waals surface area (Å²) in [6.07, 6.45) is 0.201. The molecule has 1 spiro atoms. The number of nitrogens with zero attached hydrogens (tertiary/aromatic N) is 2. The van der Waals surface area contributed by atoms with Crippen LogP contribution in [0.5, 0.6) is 11.5 Å². The second-order valence-electron chi connectivity index (χ2n) is 10.8. The number of rotatable bonds is 9. The van der Waals surface area contributed by atoms with Gasteiger partial charge in [0.2, 0.25) is 5.91 Å². The van der Waals surface area contributed by atoms with Gasteiger partial charge in [-0.05, 0) is 63.6 Å². The van der Waals surface area contributed by atoms with Crippen LogP contribution in [-0.4, -0.2) is 38.1 Å². The van der Waals surface area contributed by atoms with Gasteiger partial charge >= 0.3 is 5.97 Å². The molecule has 0 saturated heterocycles. The van der Waals surface area contributed by atoms with E-state index in [1.165, 1.54) is 0 Å². The van der Waals surface area contributed by atoms with Gasteiger partial charge in [-0.1, -0.05) is 42.5 Å². The molecule has 0 bridgehead atoms. The molecule has 0 radical (unpaired) electrons. The van der Waals surface area contributed by atoms with Crippen LogP contribution in [0.15, 0.2) is 84.9 Å². The topological polar surface area (TPSA) is 71.1 Å². The van der Waals surface area contributed by atoms with Crippen molar-refractivity contribution < 1.29 is 19.1 Å². The molecular formula is C36H37N3O4. The highest BCUT2D eigenvalue weighted by Gasteiger charge is 2.54. The molecule has 2 heterocycles. The van der Waals surface area contributed by atoms with Crippen LogP contribution in [-0.2, 0) is 21.6 Å². The van der Waals surface area contributed by atoms with Gasteiger partial charge in [0.05, 0.1) is 17.7 Å². The predicted molar refractivity (Wildman–Crippen MR) is 171 cm³/mol. The summed E-state index contributed by atoms with van der Waals surface area (Å²) in [5.41, 5.74) is 4.75. The first kappa shape index (κ1) is 28.3. The fourth-order valence-corrected chi connectivity index (χ4v) is 6.40. The molecule has 0 atom stereocenters. The summed E-state index contributed by atoms with van der Waals surface area (Å²) < 4.78 is 13.1. The van der Waals surface area contributed by atoms with Crippen LogP contribution >= 0.6 is 0 Å². The summed E-state index contributed by atoms with van der Waals surface area (Å²) in [6.45, 7) is 11.9. The molecule has 0 fully saturated rings. The maximum atomic E-state index is 13.8. The molecule has 2 aliphatic rings. The number of anilines is 3. The van der Waals surface area contributed by atoms with Crippen LogP contribution in [0.3, 0.4) is 0 Å². The van der Waals surface area contributed by atoms with Gasteiger partial charge in [0.15, 0.2) is 5.60 Å². The highest BCUT2D eigenvalue weighted by atomic mass is 16.6. The van der Waals surface area contributed by atoms with E-state index in [-0.39, 0.29) is 12.3 Å². The monoisotopic (exact) mass is 575 g/mol. The Balaban J connectivity index is 1.50. The molecule has 7 nitrogen and oxygen atoms in total. The minimum atomic E-state index is -1.22. The van der Waals surface area contributed by atoms with Crippen molar-refractivity contribution in [3.8, 4) is 11.5 Å². The average Bonchev–Trinajstić information content (AvgIpc) is 3.32. The average molecular weight is 576 g/mol. The lowest BCUT2D eigenvalue weighted by Crippen LogP contribution is -2.33. The maximum Gasteiger partial charge on any atom is 0.342 e. The molecule has 0 saturated carbocycles. The number of carbonyl (C=O) groups is 2. The molecule has 1 N–H and O–H groups in total. The summed E-state index contributed by atoms with van der Waals surface area (Å²) in [4.78, 5) is 31.4. The number of amides is 1. The normalized spacial score (nSPS) is 13.8. The number of esters is 1. The van der Waals surface area contributed by atoms with Crippen LogP contribution in [0.4, 0.5) is 17.1 Å². The Hall–Kier alpha value is -4.78. The lowest BCUT2D eigenvalue weighted by atomic mass is 9.77. The van der Waals surface area contributed by atoms with Crippen molar-refractivity contribution in [1.29, 1.82) is 0 Å². The first-order chi connectivity index (χ1) is 20.9. The van der Waals surface area contributed by atoms with E-state index >= 15 is 0 Å². The quantitative estimate of drug-likeness (QED) is 0.214. The number of hydrogen-bond donors (Lipinski definition) is 1. The molecule has 7 heteroatoms. The Kier molecular flexibility index (Phi) is 7.57. The van der Waals surface area contributed by atoms with Gasteiger partial charge in [0.25, 0.3) is 0 Å². The van der Waals surface area contributed by atoms with Crippen molar-refractivity contribution in [2.24, 2.45) is 0 Å². The van der Waals surface area contributed by atoms with E-state index < -0.39 is 11.6 Å². The molecule has 220 valence electrons. The highest BCUT2D eigenvalue weighted by molar-refractivity contribution is 6.06. The first-order valence-corrected chi connectivity index (χ1v) is 15.1. The molecule has 0 aliphatic carbocycles. The van der Waals surface area contributed by atoms with Gasteiger partial charge in [-0.3, -0.25) is 4.79 Å². The van der Waals surface area contributed by atoms with Gasteiger partial charge in [0.1, 0.15) is 11.5 Å². The molecule has 1 amide bonds. The number of fused-ring (bicyclic) bond motifs is 6. The third-order valence-corrected chi connectivity index (χ3v) is 8.54. The number of ether oxygens (including phenoxy) is 2. The van der Waals surface area contributed by atoms with Crippen molar-refractivity contribution in [3.05, 3.63) is 113 Å². The predicted octanol–water partition coefficient (Wildman–Crippen LogP) is 7.13. The standard InChI is InChI=1S/C36H37N3O4/c1-5-38(6-2)25-17-19-27-31(22-25)42-32-23-26(39(7-3)8-4)18-20-28(32)36(27)29-15-12-16-30(34(29)35(41)43-36)37-33(40)21-24-13-10-9-11-14-24/h9-20,22-23H,5-8,21H2,1-4H3,(H,37,40). The van der Waals surface area contributed by atoms with E-state index in [9.17, 15) is 9.59 Å². The smallest absolute Gasteiger partial charge is 0.342 e. The number of benzene rings is 4. The van der Waals surface area contributed by atoms with E-state index in [0.717, 1.165) is 54.2 Å². The van der Waals surface area contributed by atoms with E-state index in [2.05, 4.69) is 54.9 Å². The Morgan fingerprint density at radius 2 is 1.30 bits per heavy atom. The van der Waals surface area contributed by atoms with Gasteiger partial charge in [-0.2, -0.15) is 0 Å². The number of nitrogens with one attached hydrogen (secondary N) is 1. The Morgan fingerprint density at radius 1 is 0.721 bits per heavy atom. The number of hydrogen-bond acceptors (Lipinski definition) is 6. The van der Waals surface area contributed by atoms with Gasteiger partial charge < -0.3 is 24.6 Å². The molecule has 0 aromatic heterocycles. The maximum absolute atomic E-state index is 13.8. The van der Waals surface area contributed by atoms with Gasteiger partial charge in [-0.15, -0.1) is 0 Å². The van der Waals surface area contributed by atoms with Crippen molar-refractivity contribution >= 4 is 28.9 Å². The largest absolute Gasteiger partial charge is 0.456 e. The fourth-order valence-electron chi connectivity index (χ4n) is 6.40. The first-order valence-electron chi connectivity index (χ1n) is 15.1. The SMILES string of the molecule is CCN(CC)c1ccc2c(c1)Oc1cc(N(CC)CC)ccc1C21OC(=O)c2c(NC(=O)Cc3ccccc3)cccc21. The van der Waals surface area contributed by atoms with E-state index in [4.69, 9.17) is 9.47 Å². The van der Waals surface area contributed by atoms with E-state index in [1.807, 2.05) is 66.7 Å². The molecular weight excluding hydrogens is 538 g/mol. The molecule has 6 rings (SSSR count). The van der Waals surface area contributed by atoms with Crippen LogP contribution in [0.25, 0.3) is 0 Å². The van der Waals surface area contributed by atoms with Crippen LogP contribution in [0.2, 0.25) is 0 Å². The Labute approximate surface area is 253 Å². The lowest BCUT2D eigenvalue weighted by Gasteiger charge is -2.38. The fraction of sp³-hybridized carbons (Fsp3) is 0.278. The highest BCUT2D eigenvalue weighted by Crippen LogP contribution is 2.57. The minimum Gasteiger partial charge on any atom is -0.456 e. The third-order valence-electron chi connectivity index (χ3n) is 8.54. The van der Waals surface area contributed by atoms with E-state index in [0.29, 0.717) is 28.3 Å². The molecule has 0 unspecified atom stereocenters. The second kappa shape index (κ2) is 11.5. The van der Waals surface area contributed by atoms with Crippen LogP contribution in [0.1, 0.15) is 60.3 Å². The van der Waals surface area contributed by atoms with Crippen molar-refractivity contribution in [3.63, 3.8) is 0 Å². The number of carbonyl (C=O) groups excluding carboxylic acids is 2. The zero-order valence-corrected chi connectivity index (χ0v) is 25.1. The van der Waals surface area contributed by atoms with E-state index in [1.54, 1.807) is 6.07 Å². The van der Waals surface area contributed by atoms with Crippen LogP contribution < -0.4 is 19.9 Å². The lowest BCUT2D eigenvalue weighted by molar-refractivity contribution is -0.115.